The van der Waals surface area contributed by atoms with Gasteiger partial charge in [-0.05, 0) is 42.5 Å². The van der Waals surface area contributed by atoms with Crippen molar-refractivity contribution in [2.24, 2.45) is 0 Å². The molecule has 0 aromatic heterocycles. The molecule has 6 heteroatoms. The Balaban J connectivity index is 2.15. The Kier molecular flexibility index (Phi) is 4.76. The Morgan fingerprint density at radius 2 is 1.95 bits per heavy atom. The SMILES string of the molecule is CN(C)S(=O)(=O)c1cccc(NC2CCSCC2)c1. The summed E-state index contributed by atoms with van der Waals surface area (Å²) in [5, 5.41) is 3.44. The van der Waals surface area contributed by atoms with Gasteiger partial charge in [-0.2, -0.15) is 11.8 Å². The molecule has 4 nitrogen and oxygen atoms in total. The molecule has 0 unspecified atom stereocenters. The quantitative estimate of drug-likeness (QED) is 0.926. The topological polar surface area (TPSA) is 49.4 Å². The Morgan fingerprint density at radius 1 is 1.26 bits per heavy atom. The van der Waals surface area contributed by atoms with Crippen LogP contribution < -0.4 is 5.32 Å². The fourth-order valence-corrected chi connectivity index (χ4v) is 4.09. The Morgan fingerprint density at radius 3 is 2.58 bits per heavy atom. The zero-order chi connectivity index (χ0) is 13.9. The summed E-state index contributed by atoms with van der Waals surface area (Å²) in [6, 6.07) is 7.53. The van der Waals surface area contributed by atoms with Crippen molar-refractivity contribution in [2.75, 3.05) is 30.9 Å². The van der Waals surface area contributed by atoms with Crippen LogP contribution in [0.4, 0.5) is 5.69 Å². The van der Waals surface area contributed by atoms with Crippen molar-refractivity contribution in [2.45, 2.75) is 23.8 Å². The average molecular weight is 300 g/mol. The third-order valence-electron chi connectivity index (χ3n) is 3.20. The summed E-state index contributed by atoms with van der Waals surface area (Å²) in [6.07, 6.45) is 2.27. The molecule has 1 aromatic rings. The van der Waals surface area contributed by atoms with E-state index >= 15 is 0 Å². The van der Waals surface area contributed by atoms with E-state index in [-0.39, 0.29) is 0 Å². The maximum Gasteiger partial charge on any atom is 0.242 e. The molecule has 1 saturated heterocycles. The van der Waals surface area contributed by atoms with E-state index in [4.69, 9.17) is 0 Å². The third-order valence-corrected chi connectivity index (χ3v) is 6.06. The number of anilines is 1. The number of sulfonamides is 1. The van der Waals surface area contributed by atoms with Gasteiger partial charge in [0.25, 0.3) is 0 Å². The van der Waals surface area contributed by atoms with E-state index in [2.05, 4.69) is 5.32 Å². The first-order valence-corrected chi connectivity index (χ1v) is 8.96. The number of benzene rings is 1. The number of rotatable bonds is 4. The minimum Gasteiger partial charge on any atom is -0.382 e. The van der Waals surface area contributed by atoms with Crippen LogP contribution in [0, 0.1) is 0 Å². The highest BCUT2D eigenvalue weighted by atomic mass is 32.2. The van der Waals surface area contributed by atoms with Crippen molar-refractivity contribution in [3.8, 4) is 0 Å². The zero-order valence-electron chi connectivity index (χ0n) is 11.3. The second kappa shape index (κ2) is 6.15. The number of hydrogen-bond donors (Lipinski definition) is 1. The van der Waals surface area contributed by atoms with Gasteiger partial charge in [0, 0.05) is 25.8 Å². The second-order valence-electron chi connectivity index (χ2n) is 4.85. The highest BCUT2D eigenvalue weighted by molar-refractivity contribution is 7.99. The van der Waals surface area contributed by atoms with Crippen LogP contribution in [0.1, 0.15) is 12.8 Å². The summed E-state index contributed by atoms with van der Waals surface area (Å²) < 4.78 is 25.4. The molecule has 0 radical (unpaired) electrons. The van der Waals surface area contributed by atoms with Crippen LogP contribution in [0.3, 0.4) is 0 Å². The van der Waals surface area contributed by atoms with E-state index in [9.17, 15) is 8.42 Å². The van der Waals surface area contributed by atoms with Gasteiger partial charge < -0.3 is 5.32 Å². The molecule has 0 bridgehead atoms. The Hall–Kier alpha value is -0.720. The fourth-order valence-electron chi connectivity index (χ4n) is 2.03. The van der Waals surface area contributed by atoms with E-state index in [1.54, 1.807) is 32.3 Å². The number of nitrogens with zero attached hydrogens (tertiary/aromatic N) is 1. The van der Waals surface area contributed by atoms with Gasteiger partial charge in [0.15, 0.2) is 0 Å². The normalized spacial score (nSPS) is 17.6. The van der Waals surface area contributed by atoms with Crippen molar-refractivity contribution >= 4 is 27.5 Å². The van der Waals surface area contributed by atoms with Crippen LogP contribution in [-0.4, -0.2) is 44.4 Å². The highest BCUT2D eigenvalue weighted by Crippen LogP contribution is 2.23. The lowest BCUT2D eigenvalue weighted by atomic mass is 10.1. The number of thioether (sulfide) groups is 1. The van der Waals surface area contributed by atoms with Gasteiger partial charge in [0.1, 0.15) is 0 Å². The van der Waals surface area contributed by atoms with E-state index in [0.717, 1.165) is 18.5 Å². The molecule has 19 heavy (non-hydrogen) atoms. The molecule has 1 fully saturated rings. The van der Waals surface area contributed by atoms with E-state index in [1.807, 2.05) is 17.8 Å². The van der Waals surface area contributed by atoms with Crippen LogP contribution in [0.2, 0.25) is 0 Å². The van der Waals surface area contributed by atoms with Crippen LogP contribution in [-0.2, 0) is 10.0 Å². The molecular formula is C13H20N2O2S2. The van der Waals surface area contributed by atoms with Gasteiger partial charge in [-0.15, -0.1) is 0 Å². The summed E-state index contributed by atoms with van der Waals surface area (Å²) in [5.74, 6) is 2.35. The fraction of sp³-hybridized carbons (Fsp3) is 0.538. The summed E-state index contributed by atoms with van der Waals surface area (Å²) in [5.41, 5.74) is 0.889. The summed E-state index contributed by atoms with van der Waals surface area (Å²) in [6.45, 7) is 0. The molecule has 0 spiro atoms. The molecular weight excluding hydrogens is 280 g/mol. The summed E-state index contributed by atoms with van der Waals surface area (Å²) in [4.78, 5) is 0.340. The minimum absolute atomic E-state index is 0.340. The van der Waals surface area contributed by atoms with Crippen LogP contribution in [0.5, 0.6) is 0 Å². The van der Waals surface area contributed by atoms with Crippen molar-refractivity contribution in [1.29, 1.82) is 0 Å². The van der Waals surface area contributed by atoms with Crippen molar-refractivity contribution in [1.82, 2.24) is 4.31 Å². The van der Waals surface area contributed by atoms with Crippen molar-refractivity contribution in [3.05, 3.63) is 24.3 Å². The largest absolute Gasteiger partial charge is 0.382 e. The molecule has 0 amide bonds. The predicted molar refractivity (Wildman–Crippen MR) is 81.3 cm³/mol. The van der Waals surface area contributed by atoms with E-state index in [0.29, 0.717) is 10.9 Å². The van der Waals surface area contributed by atoms with Gasteiger partial charge in [-0.1, -0.05) is 6.07 Å². The number of nitrogens with one attached hydrogen (secondary N) is 1. The molecule has 0 atom stereocenters. The van der Waals surface area contributed by atoms with Crippen LogP contribution >= 0.6 is 11.8 Å². The first-order chi connectivity index (χ1) is 9.00. The van der Waals surface area contributed by atoms with Gasteiger partial charge in [-0.25, -0.2) is 12.7 Å². The van der Waals surface area contributed by atoms with Crippen molar-refractivity contribution in [3.63, 3.8) is 0 Å². The Bertz CT molecular complexity index is 523. The third kappa shape index (κ3) is 3.64. The molecule has 1 N–H and O–H groups in total. The predicted octanol–water partition coefficient (Wildman–Crippen LogP) is 2.24. The molecule has 106 valence electrons. The van der Waals surface area contributed by atoms with Crippen LogP contribution in [0.25, 0.3) is 0 Å². The smallest absolute Gasteiger partial charge is 0.242 e. The molecule has 0 saturated carbocycles. The minimum atomic E-state index is -3.35. The maximum absolute atomic E-state index is 12.1. The van der Waals surface area contributed by atoms with Gasteiger partial charge in [-0.3, -0.25) is 0 Å². The average Bonchev–Trinajstić information content (AvgIpc) is 2.40. The van der Waals surface area contributed by atoms with Gasteiger partial charge in [0.2, 0.25) is 10.0 Å². The molecule has 1 aliphatic rings. The maximum atomic E-state index is 12.1. The molecule has 1 heterocycles. The second-order valence-corrected chi connectivity index (χ2v) is 8.22. The standard InChI is InChI=1S/C13H20N2O2S2/c1-15(2)19(16,17)13-5-3-4-12(10-13)14-11-6-8-18-9-7-11/h3-5,10-11,14H,6-9H2,1-2H3. The molecule has 1 aromatic carbocycles. The lowest BCUT2D eigenvalue weighted by Crippen LogP contribution is -2.25. The lowest BCUT2D eigenvalue weighted by Gasteiger charge is -2.24. The monoisotopic (exact) mass is 300 g/mol. The van der Waals surface area contributed by atoms with Crippen molar-refractivity contribution < 1.29 is 8.42 Å². The van der Waals surface area contributed by atoms with Gasteiger partial charge in [0.05, 0.1) is 4.90 Å². The molecule has 0 aliphatic carbocycles. The summed E-state index contributed by atoms with van der Waals surface area (Å²) >= 11 is 1.98. The van der Waals surface area contributed by atoms with E-state index in [1.165, 1.54) is 15.8 Å². The lowest BCUT2D eigenvalue weighted by molar-refractivity contribution is 0.520. The highest BCUT2D eigenvalue weighted by Gasteiger charge is 2.18. The van der Waals surface area contributed by atoms with Gasteiger partial charge >= 0.3 is 0 Å². The first-order valence-electron chi connectivity index (χ1n) is 6.37. The summed E-state index contributed by atoms with van der Waals surface area (Å²) in [7, 11) is -0.252. The zero-order valence-corrected chi connectivity index (χ0v) is 12.9. The Labute approximate surface area is 119 Å². The first kappa shape index (κ1) is 14.7. The number of hydrogen-bond acceptors (Lipinski definition) is 4. The van der Waals surface area contributed by atoms with Crippen LogP contribution in [0.15, 0.2) is 29.2 Å². The molecule has 1 aliphatic heterocycles. The molecule has 2 rings (SSSR count). The van der Waals surface area contributed by atoms with E-state index < -0.39 is 10.0 Å².